The van der Waals surface area contributed by atoms with Crippen molar-refractivity contribution in [1.29, 1.82) is 0 Å². The molecule has 1 N–H and O–H groups in total. The molecule has 132 valence electrons. The molecule has 0 spiro atoms. The zero-order valence-corrected chi connectivity index (χ0v) is 14.2. The predicted molar refractivity (Wildman–Crippen MR) is 94.6 cm³/mol. The van der Waals surface area contributed by atoms with Crippen molar-refractivity contribution in [2.24, 2.45) is 0 Å². The molecule has 0 saturated carbocycles. The molecule has 7 heteroatoms. The van der Waals surface area contributed by atoms with E-state index in [1.54, 1.807) is 54.6 Å². The lowest BCUT2D eigenvalue weighted by Gasteiger charge is -2.08. The summed E-state index contributed by atoms with van der Waals surface area (Å²) in [6.45, 7) is 1.33. The standard InChI is InChI=1S/C19H16N2O5/c1-12(22)25-16-9-7-13(11-17(16)24-2)8-10-18-20-19(26-21-18)14-5-3-4-6-15(14)23/h3-11,23H,1-2H3/b10-8+. The van der Waals surface area contributed by atoms with Gasteiger partial charge >= 0.3 is 5.97 Å². The van der Waals surface area contributed by atoms with E-state index in [1.165, 1.54) is 14.0 Å². The molecule has 2 aromatic carbocycles. The van der Waals surface area contributed by atoms with E-state index < -0.39 is 5.97 Å². The van der Waals surface area contributed by atoms with E-state index in [4.69, 9.17) is 14.0 Å². The molecule has 1 heterocycles. The number of methoxy groups -OCH3 is 1. The molecule has 7 nitrogen and oxygen atoms in total. The first-order valence-corrected chi connectivity index (χ1v) is 7.73. The molecular weight excluding hydrogens is 336 g/mol. The Morgan fingerprint density at radius 1 is 1.15 bits per heavy atom. The van der Waals surface area contributed by atoms with E-state index >= 15 is 0 Å². The monoisotopic (exact) mass is 352 g/mol. The van der Waals surface area contributed by atoms with Gasteiger partial charge in [0.05, 0.1) is 12.7 Å². The smallest absolute Gasteiger partial charge is 0.308 e. The maximum Gasteiger partial charge on any atom is 0.308 e. The fourth-order valence-electron chi connectivity index (χ4n) is 2.26. The van der Waals surface area contributed by atoms with Crippen LogP contribution in [0.25, 0.3) is 23.6 Å². The summed E-state index contributed by atoms with van der Waals surface area (Å²) in [5.74, 6) is 1.01. The average molecular weight is 352 g/mol. The van der Waals surface area contributed by atoms with Crippen LogP contribution in [-0.4, -0.2) is 28.3 Å². The van der Waals surface area contributed by atoms with Crippen LogP contribution >= 0.6 is 0 Å². The number of aromatic hydroxyl groups is 1. The fourth-order valence-corrected chi connectivity index (χ4v) is 2.26. The number of carbonyl (C=O) groups is 1. The molecule has 0 fully saturated rings. The number of carbonyl (C=O) groups excluding carboxylic acids is 1. The Bertz CT molecular complexity index is 962. The first kappa shape index (κ1) is 17.2. The quantitative estimate of drug-likeness (QED) is 0.554. The van der Waals surface area contributed by atoms with Gasteiger partial charge < -0.3 is 19.1 Å². The van der Waals surface area contributed by atoms with E-state index in [-0.39, 0.29) is 11.6 Å². The number of hydrogen-bond acceptors (Lipinski definition) is 7. The SMILES string of the molecule is COc1cc(/C=C/c2noc(-c3ccccc3O)n2)ccc1OC(C)=O. The Balaban J connectivity index is 1.80. The van der Waals surface area contributed by atoms with Gasteiger partial charge in [0.2, 0.25) is 0 Å². The van der Waals surface area contributed by atoms with E-state index in [0.29, 0.717) is 22.9 Å². The molecule has 0 unspecified atom stereocenters. The number of para-hydroxylation sites is 1. The van der Waals surface area contributed by atoms with Gasteiger partial charge in [-0.15, -0.1) is 0 Å². The second-order valence-corrected chi connectivity index (χ2v) is 5.31. The summed E-state index contributed by atoms with van der Waals surface area (Å²) in [5.41, 5.74) is 1.26. The summed E-state index contributed by atoms with van der Waals surface area (Å²) in [5, 5.41) is 13.7. The zero-order chi connectivity index (χ0) is 18.5. The van der Waals surface area contributed by atoms with Gasteiger partial charge in [-0.2, -0.15) is 4.98 Å². The Labute approximate surface area is 149 Å². The number of aromatic nitrogens is 2. The molecule has 0 aliphatic heterocycles. The lowest BCUT2D eigenvalue weighted by Crippen LogP contribution is -2.02. The van der Waals surface area contributed by atoms with Crippen molar-refractivity contribution in [3.8, 4) is 28.7 Å². The van der Waals surface area contributed by atoms with Crippen LogP contribution in [0.4, 0.5) is 0 Å². The number of ether oxygens (including phenoxy) is 2. The molecule has 3 rings (SSSR count). The molecule has 0 atom stereocenters. The minimum absolute atomic E-state index is 0.0671. The highest BCUT2D eigenvalue weighted by Gasteiger charge is 2.11. The first-order chi connectivity index (χ1) is 12.6. The van der Waals surface area contributed by atoms with Gasteiger partial charge in [-0.05, 0) is 35.9 Å². The van der Waals surface area contributed by atoms with E-state index in [2.05, 4.69) is 10.1 Å². The molecule has 3 aromatic rings. The molecule has 0 aliphatic rings. The summed E-state index contributed by atoms with van der Waals surface area (Å²) in [7, 11) is 1.49. The van der Waals surface area contributed by atoms with Gasteiger partial charge in [-0.1, -0.05) is 29.4 Å². The van der Waals surface area contributed by atoms with Gasteiger partial charge in [0.1, 0.15) is 5.75 Å². The highest BCUT2D eigenvalue weighted by atomic mass is 16.6. The third-order valence-electron chi connectivity index (χ3n) is 3.44. The Kier molecular flexibility index (Phi) is 4.98. The summed E-state index contributed by atoms with van der Waals surface area (Å²) in [6.07, 6.45) is 3.42. The molecule has 0 bridgehead atoms. The largest absolute Gasteiger partial charge is 0.507 e. The van der Waals surface area contributed by atoms with Crippen molar-refractivity contribution in [1.82, 2.24) is 10.1 Å². The number of rotatable bonds is 5. The van der Waals surface area contributed by atoms with Crippen LogP contribution in [0.2, 0.25) is 0 Å². The van der Waals surface area contributed by atoms with Gasteiger partial charge in [0, 0.05) is 6.92 Å². The number of phenols is 1. The highest BCUT2D eigenvalue weighted by Crippen LogP contribution is 2.29. The van der Waals surface area contributed by atoms with Crippen molar-refractivity contribution in [2.75, 3.05) is 7.11 Å². The van der Waals surface area contributed by atoms with Crippen LogP contribution in [0.3, 0.4) is 0 Å². The van der Waals surface area contributed by atoms with Crippen LogP contribution in [0.1, 0.15) is 18.3 Å². The zero-order valence-electron chi connectivity index (χ0n) is 14.2. The van der Waals surface area contributed by atoms with Gasteiger partial charge in [-0.3, -0.25) is 4.79 Å². The topological polar surface area (TPSA) is 94.7 Å². The summed E-state index contributed by atoms with van der Waals surface area (Å²) in [6, 6.07) is 11.8. The minimum Gasteiger partial charge on any atom is -0.507 e. The third kappa shape index (κ3) is 3.89. The maximum atomic E-state index is 11.1. The van der Waals surface area contributed by atoms with Crippen LogP contribution in [0.15, 0.2) is 47.0 Å². The van der Waals surface area contributed by atoms with Crippen LogP contribution < -0.4 is 9.47 Å². The number of esters is 1. The van der Waals surface area contributed by atoms with Crippen molar-refractivity contribution in [2.45, 2.75) is 6.92 Å². The molecule has 1 aromatic heterocycles. The lowest BCUT2D eigenvalue weighted by molar-refractivity contribution is -0.132. The molecule has 0 aliphatic carbocycles. The van der Waals surface area contributed by atoms with E-state index in [0.717, 1.165) is 5.56 Å². The van der Waals surface area contributed by atoms with Gasteiger partial charge in [-0.25, -0.2) is 0 Å². The van der Waals surface area contributed by atoms with Crippen LogP contribution in [0, 0.1) is 0 Å². The van der Waals surface area contributed by atoms with Crippen molar-refractivity contribution >= 4 is 18.1 Å². The van der Waals surface area contributed by atoms with Crippen molar-refractivity contribution < 1.29 is 23.9 Å². The number of nitrogens with zero attached hydrogens (tertiary/aromatic N) is 2. The third-order valence-corrected chi connectivity index (χ3v) is 3.44. The second kappa shape index (κ2) is 7.52. The maximum absolute atomic E-state index is 11.1. The minimum atomic E-state index is -0.421. The Morgan fingerprint density at radius 2 is 1.96 bits per heavy atom. The number of hydrogen-bond donors (Lipinski definition) is 1. The van der Waals surface area contributed by atoms with Gasteiger partial charge in [0.25, 0.3) is 5.89 Å². The van der Waals surface area contributed by atoms with Gasteiger partial charge in [0.15, 0.2) is 17.3 Å². The van der Waals surface area contributed by atoms with Crippen molar-refractivity contribution in [3.05, 3.63) is 53.9 Å². The van der Waals surface area contributed by atoms with E-state index in [1.807, 2.05) is 0 Å². The molecular formula is C19H16N2O5. The Morgan fingerprint density at radius 3 is 2.69 bits per heavy atom. The molecule has 0 radical (unpaired) electrons. The number of benzene rings is 2. The van der Waals surface area contributed by atoms with Crippen molar-refractivity contribution in [3.63, 3.8) is 0 Å². The van der Waals surface area contributed by atoms with Crippen LogP contribution in [0.5, 0.6) is 17.2 Å². The first-order valence-electron chi connectivity index (χ1n) is 7.73. The summed E-state index contributed by atoms with van der Waals surface area (Å²) in [4.78, 5) is 15.3. The molecule has 0 amide bonds. The lowest BCUT2D eigenvalue weighted by atomic mass is 10.2. The second-order valence-electron chi connectivity index (χ2n) is 5.31. The number of phenolic OH excluding ortho intramolecular Hbond substituents is 1. The average Bonchev–Trinajstić information content (AvgIpc) is 3.09. The van der Waals surface area contributed by atoms with Crippen LogP contribution in [-0.2, 0) is 4.79 Å². The predicted octanol–water partition coefficient (Wildman–Crippen LogP) is 3.55. The Hall–Kier alpha value is -3.61. The summed E-state index contributed by atoms with van der Waals surface area (Å²) >= 11 is 0. The highest BCUT2D eigenvalue weighted by molar-refractivity contribution is 5.73. The molecule has 0 saturated heterocycles. The molecule has 26 heavy (non-hydrogen) atoms. The summed E-state index contributed by atoms with van der Waals surface area (Å²) < 4.78 is 15.5. The normalized spacial score (nSPS) is 10.8. The fraction of sp³-hybridized carbons (Fsp3) is 0.105. The van der Waals surface area contributed by atoms with E-state index in [9.17, 15) is 9.90 Å².